The van der Waals surface area contributed by atoms with Crippen LogP contribution in [0.4, 0.5) is 0 Å². The van der Waals surface area contributed by atoms with Crippen LogP contribution in [0, 0.1) is 6.92 Å². The molecule has 0 radical (unpaired) electrons. The summed E-state index contributed by atoms with van der Waals surface area (Å²) >= 11 is 3.37. The molecular formula is C26H24BrN3O5. The zero-order chi connectivity index (χ0) is 25.2. The standard InChI is InChI=1S/C26H24BrN3O5/c1-3-34-21-11-8-18(9-12-21)25(32)28-16-24(31)30-29-15-19-14-20(27)10-13-23(19)35-26(33)22-7-5-4-6-17(22)2/h4-15H,3,16H2,1-2H3,(H,28,32)(H,30,31)/b29-15+. The third-order valence-corrected chi connectivity index (χ3v) is 5.26. The molecule has 0 aliphatic rings. The van der Waals surface area contributed by atoms with Crippen molar-refractivity contribution in [3.8, 4) is 11.5 Å². The van der Waals surface area contributed by atoms with Gasteiger partial charge in [0.2, 0.25) is 0 Å². The van der Waals surface area contributed by atoms with Crippen molar-refractivity contribution < 1.29 is 23.9 Å². The van der Waals surface area contributed by atoms with E-state index in [-0.39, 0.29) is 12.3 Å². The van der Waals surface area contributed by atoms with Gasteiger partial charge in [-0.2, -0.15) is 5.10 Å². The van der Waals surface area contributed by atoms with E-state index in [4.69, 9.17) is 9.47 Å². The first kappa shape index (κ1) is 25.6. The van der Waals surface area contributed by atoms with Crippen molar-refractivity contribution in [2.75, 3.05) is 13.2 Å². The highest BCUT2D eigenvalue weighted by Crippen LogP contribution is 2.23. The molecule has 0 saturated carbocycles. The Morgan fingerprint density at radius 3 is 2.49 bits per heavy atom. The third kappa shape index (κ3) is 7.51. The largest absolute Gasteiger partial charge is 0.494 e. The number of carbonyl (C=O) groups excluding carboxylic acids is 3. The molecule has 3 aromatic carbocycles. The van der Waals surface area contributed by atoms with Crippen molar-refractivity contribution in [3.63, 3.8) is 0 Å². The van der Waals surface area contributed by atoms with E-state index < -0.39 is 17.8 Å². The number of nitrogens with one attached hydrogen (secondary N) is 2. The molecule has 0 fully saturated rings. The molecule has 0 bridgehead atoms. The van der Waals surface area contributed by atoms with E-state index in [2.05, 4.69) is 31.8 Å². The van der Waals surface area contributed by atoms with E-state index in [1.54, 1.807) is 54.6 Å². The van der Waals surface area contributed by atoms with E-state index in [9.17, 15) is 14.4 Å². The third-order valence-electron chi connectivity index (χ3n) is 4.77. The zero-order valence-electron chi connectivity index (χ0n) is 19.2. The lowest BCUT2D eigenvalue weighted by molar-refractivity contribution is -0.120. The number of carbonyl (C=O) groups is 3. The lowest BCUT2D eigenvalue weighted by atomic mass is 10.1. The Kier molecular flexibility index (Phi) is 9.14. The second-order valence-corrected chi connectivity index (χ2v) is 8.24. The molecule has 3 aromatic rings. The van der Waals surface area contributed by atoms with Crippen LogP contribution in [-0.2, 0) is 4.79 Å². The van der Waals surface area contributed by atoms with Crippen LogP contribution in [0.2, 0.25) is 0 Å². The molecule has 0 aliphatic heterocycles. The maximum atomic E-state index is 12.6. The summed E-state index contributed by atoms with van der Waals surface area (Å²) in [5.74, 6) is -0.476. The van der Waals surface area contributed by atoms with Gasteiger partial charge in [0, 0.05) is 15.6 Å². The number of ether oxygens (including phenoxy) is 2. The van der Waals surface area contributed by atoms with Crippen molar-refractivity contribution in [1.82, 2.24) is 10.7 Å². The molecule has 0 heterocycles. The normalized spacial score (nSPS) is 10.6. The Balaban J connectivity index is 1.57. The van der Waals surface area contributed by atoms with Crippen molar-refractivity contribution in [2.45, 2.75) is 13.8 Å². The molecule has 3 rings (SSSR count). The van der Waals surface area contributed by atoms with Crippen molar-refractivity contribution in [3.05, 3.63) is 93.5 Å². The van der Waals surface area contributed by atoms with Gasteiger partial charge in [0.25, 0.3) is 11.8 Å². The van der Waals surface area contributed by atoms with E-state index >= 15 is 0 Å². The number of esters is 1. The van der Waals surface area contributed by atoms with Gasteiger partial charge in [-0.25, -0.2) is 10.2 Å². The van der Waals surface area contributed by atoms with Gasteiger partial charge in [0.05, 0.1) is 24.9 Å². The number of hydrogen-bond donors (Lipinski definition) is 2. The van der Waals surface area contributed by atoms with Gasteiger partial charge in [-0.05, 0) is 67.9 Å². The second-order valence-electron chi connectivity index (χ2n) is 7.32. The Bertz CT molecular complexity index is 1240. The van der Waals surface area contributed by atoms with Crippen molar-refractivity contribution in [1.29, 1.82) is 0 Å². The molecule has 0 unspecified atom stereocenters. The van der Waals surface area contributed by atoms with Crippen LogP contribution in [0.15, 0.2) is 76.3 Å². The van der Waals surface area contributed by atoms with E-state index in [1.165, 1.54) is 6.21 Å². The van der Waals surface area contributed by atoms with E-state index in [0.717, 1.165) is 10.0 Å². The van der Waals surface area contributed by atoms with Crippen LogP contribution in [-0.4, -0.2) is 37.1 Å². The summed E-state index contributed by atoms with van der Waals surface area (Å²) in [6, 6.07) is 18.8. The molecular weight excluding hydrogens is 514 g/mol. The maximum absolute atomic E-state index is 12.6. The summed E-state index contributed by atoms with van der Waals surface area (Å²) in [6.45, 7) is 3.96. The molecule has 0 aliphatic carbocycles. The number of hydrazone groups is 1. The summed E-state index contributed by atoms with van der Waals surface area (Å²) in [7, 11) is 0. The fourth-order valence-electron chi connectivity index (χ4n) is 3.02. The number of aryl methyl sites for hydroxylation is 1. The zero-order valence-corrected chi connectivity index (χ0v) is 20.8. The maximum Gasteiger partial charge on any atom is 0.343 e. The minimum atomic E-state index is -0.519. The first-order valence-corrected chi connectivity index (χ1v) is 11.6. The molecule has 2 amide bonds. The molecule has 0 atom stereocenters. The molecule has 0 spiro atoms. The Morgan fingerprint density at radius 2 is 1.77 bits per heavy atom. The summed E-state index contributed by atoms with van der Waals surface area (Å²) in [5.41, 5.74) is 4.47. The van der Waals surface area contributed by atoms with Crippen LogP contribution >= 0.6 is 15.9 Å². The SMILES string of the molecule is CCOc1ccc(C(=O)NCC(=O)N/N=C/c2cc(Br)ccc2OC(=O)c2ccccc2C)cc1. The number of hydrogen-bond acceptors (Lipinski definition) is 6. The van der Waals surface area contributed by atoms with Gasteiger partial charge in [0.1, 0.15) is 11.5 Å². The predicted octanol–water partition coefficient (Wildman–Crippen LogP) is 4.26. The molecule has 0 aromatic heterocycles. The molecule has 180 valence electrons. The van der Waals surface area contributed by atoms with Gasteiger partial charge in [-0.15, -0.1) is 0 Å². The highest BCUT2D eigenvalue weighted by atomic mass is 79.9. The summed E-state index contributed by atoms with van der Waals surface area (Å²) < 4.78 is 11.6. The predicted molar refractivity (Wildman–Crippen MR) is 136 cm³/mol. The van der Waals surface area contributed by atoms with Crippen LogP contribution in [0.5, 0.6) is 11.5 Å². The van der Waals surface area contributed by atoms with Crippen molar-refractivity contribution in [2.24, 2.45) is 5.10 Å². The fraction of sp³-hybridized carbons (Fsp3) is 0.154. The van der Waals surface area contributed by atoms with Crippen LogP contribution < -0.4 is 20.2 Å². The molecule has 35 heavy (non-hydrogen) atoms. The number of halogens is 1. The average Bonchev–Trinajstić information content (AvgIpc) is 2.85. The number of amides is 2. The highest BCUT2D eigenvalue weighted by Gasteiger charge is 2.14. The second kappa shape index (κ2) is 12.5. The van der Waals surface area contributed by atoms with Crippen LogP contribution in [0.3, 0.4) is 0 Å². The Hall–Kier alpha value is -3.98. The van der Waals surface area contributed by atoms with Gasteiger partial charge < -0.3 is 14.8 Å². The van der Waals surface area contributed by atoms with Gasteiger partial charge >= 0.3 is 5.97 Å². The number of nitrogens with zero attached hydrogens (tertiary/aromatic N) is 1. The smallest absolute Gasteiger partial charge is 0.343 e. The quantitative estimate of drug-likeness (QED) is 0.183. The average molecular weight is 538 g/mol. The topological polar surface area (TPSA) is 106 Å². The molecule has 8 nitrogen and oxygen atoms in total. The van der Waals surface area contributed by atoms with Crippen molar-refractivity contribution >= 4 is 39.9 Å². The highest BCUT2D eigenvalue weighted by molar-refractivity contribution is 9.10. The van der Waals surface area contributed by atoms with Gasteiger partial charge in [0.15, 0.2) is 0 Å². The van der Waals surface area contributed by atoms with E-state index in [0.29, 0.717) is 29.0 Å². The summed E-state index contributed by atoms with van der Waals surface area (Å²) in [4.78, 5) is 36.9. The monoisotopic (exact) mass is 537 g/mol. The van der Waals surface area contributed by atoms with E-state index in [1.807, 2.05) is 26.0 Å². The molecule has 0 saturated heterocycles. The lowest BCUT2D eigenvalue weighted by Crippen LogP contribution is -2.34. The fourth-order valence-corrected chi connectivity index (χ4v) is 3.39. The molecule has 9 heteroatoms. The first-order chi connectivity index (χ1) is 16.9. The summed E-state index contributed by atoms with van der Waals surface area (Å²) in [5, 5.41) is 6.45. The first-order valence-electron chi connectivity index (χ1n) is 10.8. The Labute approximate surface area is 211 Å². The van der Waals surface area contributed by atoms with Gasteiger partial charge in [-0.1, -0.05) is 34.1 Å². The molecule has 2 N–H and O–H groups in total. The number of rotatable bonds is 9. The van der Waals surface area contributed by atoms with Crippen LogP contribution in [0.25, 0.3) is 0 Å². The minimum Gasteiger partial charge on any atom is -0.494 e. The minimum absolute atomic E-state index is 0.267. The van der Waals surface area contributed by atoms with Crippen LogP contribution in [0.1, 0.15) is 38.8 Å². The Morgan fingerprint density at radius 1 is 1.03 bits per heavy atom. The summed E-state index contributed by atoms with van der Waals surface area (Å²) in [6.07, 6.45) is 1.36. The van der Waals surface area contributed by atoms with Gasteiger partial charge in [-0.3, -0.25) is 9.59 Å². The lowest BCUT2D eigenvalue weighted by Gasteiger charge is -2.09. The number of benzene rings is 3.